The molecule has 0 radical (unpaired) electrons. The monoisotopic (exact) mass is 625 g/mol. The van der Waals surface area contributed by atoms with Crippen LogP contribution in [0.4, 0.5) is 0 Å². The third-order valence-corrected chi connectivity index (χ3v) is 9.02. The fraction of sp³-hybridized carbons (Fsp3) is 0.393. The second-order valence-corrected chi connectivity index (χ2v) is 12.0. The zero-order chi connectivity index (χ0) is 28.5. The molecule has 2 aliphatic rings. The molecule has 13 heteroatoms. The summed E-state index contributed by atoms with van der Waals surface area (Å²) in [5.74, 6) is -2.21. The van der Waals surface area contributed by atoms with E-state index in [0.29, 0.717) is 23.2 Å². The molecule has 0 aliphatic carbocycles. The number of aliphatic carboxylic acids is 1. The number of aryl methyl sites for hydroxylation is 2. The Morgan fingerprint density at radius 2 is 1.83 bits per heavy atom. The summed E-state index contributed by atoms with van der Waals surface area (Å²) in [5.41, 5.74) is 8.82. The molecule has 2 aliphatic heterocycles. The summed E-state index contributed by atoms with van der Waals surface area (Å²) in [5, 5.41) is 21.2. The van der Waals surface area contributed by atoms with Crippen LogP contribution < -0.4 is 15.8 Å². The molecule has 0 fully saturated rings. The molecular formula is C28H37Cl2N5O5S. The molecule has 0 bridgehead atoms. The summed E-state index contributed by atoms with van der Waals surface area (Å²) in [4.78, 5) is 27.3. The average molecular weight is 627 g/mol. The van der Waals surface area contributed by atoms with Gasteiger partial charge in [-0.05, 0) is 73.7 Å². The van der Waals surface area contributed by atoms with E-state index in [2.05, 4.69) is 14.9 Å². The van der Waals surface area contributed by atoms with Gasteiger partial charge in [0.25, 0.3) is 10.0 Å². The van der Waals surface area contributed by atoms with Crippen molar-refractivity contribution in [3.8, 4) is 0 Å². The Morgan fingerprint density at radius 3 is 2.46 bits per heavy atom. The van der Waals surface area contributed by atoms with Crippen molar-refractivity contribution >= 4 is 52.4 Å². The van der Waals surface area contributed by atoms with Crippen LogP contribution in [-0.2, 0) is 39.0 Å². The van der Waals surface area contributed by atoms with Crippen molar-refractivity contribution in [3.05, 3.63) is 75.9 Å². The zero-order valence-electron chi connectivity index (χ0n) is 23.2. The standard InChI is InChI=1S/C28H35N5O5S.2ClH/c1-17-7-9-24(22-16-33(3)13-10-20(17)22)39(37,38)32-26(30)21-14-19(8-6-18(21)2)15-23(29)25(34)28(27(35)36)11-4-5-12-31-28;;/h4-9,14,23,31H,10-13,15-16,29H2,1-3H3,(H2,30,32)(H,35,36);2*1H/t23?,28-;;/m1../s1. The molecule has 1 unspecified atom stereocenters. The molecule has 6 N–H and O–H groups in total. The fourth-order valence-electron chi connectivity index (χ4n) is 5.29. The van der Waals surface area contributed by atoms with Gasteiger partial charge in [-0.1, -0.05) is 30.4 Å². The first kappa shape index (κ1) is 34.4. The molecule has 0 saturated carbocycles. The van der Waals surface area contributed by atoms with E-state index in [9.17, 15) is 23.1 Å². The van der Waals surface area contributed by atoms with E-state index in [0.717, 1.165) is 29.7 Å². The molecule has 2 atom stereocenters. The number of ketones is 1. The maximum atomic E-state index is 13.4. The molecule has 0 saturated heterocycles. The van der Waals surface area contributed by atoms with Crippen molar-refractivity contribution < 1.29 is 23.1 Å². The van der Waals surface area contributed by atoms with E-state index >= 15 is 0 Å². The number of amidine groups is 1. The maximum Gasteiger partial charge on any atom is 0.332 e. The summed E-state index contributed by atoms with van der Waals surface area (Å²) in [6.45, 7) is 5.32. The number of likely N-dealkylation sites (N-methyl/N-ethyl adjacent to an activating group) is 1. The number of carboxylic acid groups (broad SMARTS) is 1. The molecule has 41 heavy (non-hydrogen) atoms. The second kappa shape index (κ2) is 13.5. The number of carbonyl (C=O) groups excluding carboxylic acids is 1. The maximum absolute atomic E-state index is 13.4. The van der Waals surface area contributed by atoms with E-state index in [1.54, 1.807) is 49.4 Å². The number of Topliss-reactive ketones (excluding diaryl/α,β-unsaturated/α-hetero) is 1. The van der Waals surface area contributed by atoms with E-state index in [-0.39, 0.29) is 54.9 Å². The Kier molecular flexibility index (Phi) is 11.3. The Labute approximate surface area is 253 Å². The van der Waals surface area contributed by atoms with Crippen LogP contribution in [0.3, 0.4) is 0 Å². The van der Waals surface area contributed by atoms with Gasteiger partial charge in [0.2, 0.25) is 0 Å². The number of halogens is 2. The molecule has 2 aromatic carbocycles. The number of nitrogens with two attached hydrogens (primary N) is 1. The Hall–Kier alpha value is -2.80. The largest absolute Gasteiger partial charge is 0.480 e. The molecule has 0 aromatic heterocycles. The van der Waals surface area contributed by atoms with Gasteiger partial charge in [-0.2, -0.15) is 0 Å². The summed E-state index contributed by atoms with van der Waals surface area (Å²) in [6.07, 6.45) is 4.19. The van der Waals surface area contributed by atoms with Crippen molar-refractivity contribution in [3.63, 3.8) is 0 Å². The highest BCUT2D eigenvalue weighted by molar-refractivity contribution is 7.90. The van der Waals surface area contributed by atoms with Gasteiger partial charge in [-0.25, -0.2) is 13.2 Å². The number of hydrogen-bond donors (Lipinski definition) is 5. The number of fused-ring (bicyclic) bond motifs is 1. The normalized spacial score (nSPS) is 19.2. The van der Waals surface area contributed by atoms with Crippen LogP contribution in [0.15, 0.2) is 47.4 Å². The zero-order valence-corrected chi connectivity index (χ0v) is 25.6. The van der Waals surface area contributed by atoms with Gasteiger partial charge in [0.05, 0.1) is 10.9 Å². The van der Waals surface area contributed by atoms with Crippen LogP contribution in [0, 0.1) is 19.3 Å². The summed E-state index contributed by atoms with van der Waals surface area (Å²) >= 11 is 0. The van der Waals surface area contributed by atoms with Crippen LogP contribution in [0.25, 0.3) is 0 Å². The number of carboxylic acids is 1. The van der Waals surface area contributed by atoms with Gasteiger partial charge >= 0.3 is 5.97 Å². The van der Waals surface area contributed by atoms with Crippen LogP contribution in [0.2, 0.25) is 0 Å². The molecule has 0 amide bonds. The Morgan fingerprint density at radius 1 is 1.15 bits per heavy atom. The van der Waals surface area contributed by atoms with Gasteiger partial charge in [-0.3, -0.25) is 20.2 Å². The lowest BCUT2D eigenvalue weighted by molar-refractivity contribution is -0.150. The van der Waals surface area contributed by atoms with Gasteiger partial charge in [0.1, 0.15) is 5.84 Å². The highest BCUT2D eigenvalue weighted by atomic mass is 35.5. The van der Waals surface area contributed by atoms with E-state index in [1.807, 2.05) is 14.0 Å². The number of sulfonamides is 1. The lowest BCUT2D eigenvalue weighted by Gasteiger charge is -2.32. The first-order valence-corrected chi connectivity index (χ1v) is 14.3. The molecular weight excluding hydrogens is 589 g/mol. The minimum atomic E-state index is -4.05. The van der Waals surface area contributed by atoms with Gasteiger partial charge in [-0.15, -0.1) is 24.8 Å². The predicted octanol–water partition coefficient (Wildman–Crippen LogP) is 2.25. The number of nitrogens with zero attached hydrogens (tertiary/aromatic N) is 1. The van der Waals surface area contributed by atoms with Crippen LogP contribution in [0.5, 0.6) is 0 Å². The summed E-state index contributed by atoms with van der Waals surface area (Å²) in [7, 11) is -2.10. The number of benzene rings is 2. The van der Waals surface area contributed by atoms with Crippen molar-refractivity contribution in [1.82, 2.24) is 14.9 Å². The Bertz CT molecular complexity index is 1480. The van der Waals surface area contributed by atoms with Crippen LogP contribution in [0.1, 0.15) is 39.8 Å². The van der Waals surface area contributed by atoms with Crippen molar-refractivity contribution in [2.75, 3.05) is 20.1 Å². The van der Waals surface area contributed by atoms with Gasteiger partial charge < -0.3 is 15.7 Å². The minimum absolute atomic E-state index is 0. The summed E-state index contributed by atoms with van der Waals surface area (Å²) in [6, 6.07) is 7.35. The van der Waals surface area contributed by atoms with Crippen LogP contribution in [-0.4, -0.2) is 67.7 Å². The van der Waals surface area contributed by atoms with E-state index in [4.69, 9.17) is 11.1 Å². The van der Waals surface area contributed by atoms with Gasteiger partial charge in [0, 0.05) is 31.6 Å². The molecule has 2 heterocycles. The third kappa shape index (κ3) is 6.99. The van der Waals surface area contributed by atoms with E-state index < -0.39 is 33.4 Å². The third-order valence-electron chi connectivity index (χ3n) is 7.58. The number of rotatable bonds is 8. The SMILES string of the molecule is Cc1ccc(CC(N)C(=O)[C@@]2(C(=O)O)CC=CCN2)cc1C(=N)NS(=O)(=O)c1ccc(C)c2c1CN(C)CC2.Cl.Cl. The van der Waals surface area contributed by atoms with Crippen LogP contribution >= 0.6 is 24.8 Å². The Balaban J connectivity index is 0.00000294. The fourth-order valence-corrected chi connectivity index (χ4v) is 6.54. The highest BCUT2D eigenvalue weighted by Gasteiger charge is 2.47. The van der Waals surface area contributed by atoms with Crippen molar-refractivity contribution in [2.24, 2.45) is 5.73 Å². The smallest absolute Gasteiger partial charge is 0.332 e. The van der Waals surface area contributed by atoms with Gasteiger partial charge in [0.15, 0.2) is 11.3 Å². The highest BCUT2D eigenvalue weighted by Crippen LogP contribution is 2.28. The average Bonchev–Trinajstić information content (AvgIpc) is 2.89. The number of hydrogen-bond acceptors (Lipinski definition) is 8. The second-order valence-electron chi connectivity index (χ2n) is 10.4. The number of carbonyl (C=O) groups is 2. The first-order chi connectivity index (χ1) is 18.4. The predicted molar refractivity (Wildman–Crippen MR) is 163 cm³/mol. The quantitative estimate of drug-likeness (QED) is 0.129. The molecule has 224 valence electrons. The molecule has 0 spiro atoms. The van der Waals surface area contributed by atoms with E-state index in [1.165, 1.54) is 0 Å². The molecule has 10 nitrogen and oxygen atoms in total. The summed E-state index contributed by atoms with van der Waals surface area (Å²) < 4.78 is 29.3. The minimum Gasteiger partial charge on any atom is -0.480 e. The lowest BCUT2D eigenvalue weighted by atomic mass is 9.82. The topological polar surface area (TPSA) is 166 Å². The van der Waals surface area contributed by atoms with Crippen molar-refractivity contribution in [1.29, 1.82) is 5.41 Å². The lowest BCUT2D eigenvalue weighted by Crippen LogP contribution is -2.63. The van der Waals surface area contributed by atoms with Crippen molar-refractivity contribution in [2.45, 2.75) is 56.1 Å². The number of nitrogens with one attached hydrogen (secondary N) is 3. The first-order valence-electron chi connectivity index (χ1n) is 12.8. The molecule has 2 aromatic rings. The molecule has 4 rings (SSSR count).